The molecule has 2 N–H and O–H groups in total. The van der Waals surface area contributed by atoms with Crippen molar-refractivity contribution in [3.05, 3.63) is 61.8 Å². The van der Waals surface area contributed by atoms with Crippen molar-refractivity contribution in [3.8, 4) is 12.1 Å². The molecule has 0 bridgehead atoms. The Morgan fingerprint density at radius 3 is 2.48 bits per heavy atom. The Hall–Kier alpha value is -2.79. The Bertz CT molecular complexity index is 1070. The summed E-state index contributed by atoms with van der Waals surface area (Å²) in [5, 5.41) is 20.0. The van der Waals surface area contributed by atoms with Crippen molar-refractivity contribution in [3.63, 3.8) is 0 Å². The molecule has 0 spiro atoms. The summed E-state index contributed by atoms with van der Waals surface area (Å²) in [6.07, 6.45) is 1.88. The van der Waals surface area contributed by atoms with Crippen molar-refractivity contribution in [2.24, 2.45) is 0 Å². The lowest BCUT2D eigenvalue weighted by molar-refractivity contribution is 1.22. The molecule has 0 radical (unpaired) electrons. The summed E-state index contributed by atoms with van der Waals surface area (Å²) in [6.45, 7) is 3.65. The molecule has 0 aliphatic heterocycles. The molecule has 1 heterocycles. The molecule has 0 saturated heterocycles. The van der Waals surface area contributed by atoms with Crippen molar-refractivity contribution in [2.45, 2.75) is 13.8 Å². The van der Waals surface area contributed by atoms with Gasteiger partial charge >= 0.3 is 0 Å². The van der Waals surface area contributed by atoms with E-state index in [0.29, 0.717) is 32.4 Å². The first-order valence-corrected chi connectivity index (χ1v) is 8.13. The lowest BCUT2D eigenvalue weighted by atomic mass is 9.95. The fourth-order valence-corrected chi connectivity index (χ4v) is 3.43. The van der Waals surface area contributed by atoms with E-state index in [9.17, 15) is 10.5 Å². The van der Waals surface area contributed by atoms with Gasteiger partial charge in [-0.1, -0.05) is 29.3 Å². The molecule has 1 aliphatic rings. The van der Waals surface area contributed by atoms with Crippen LogP contribution in [0.1, 0.15) is 34.9 Å². The fraction of sp³-hybridized carbons (Fsp3) is 0.105. The molecule has 122 valence electrons. The predicted octanol–water partition coefficient (Wildman–Crippen LogP) is 5.00. The van der Waals surface area contributed by atoms with Crippen molar-refractivity contribution in [1.82, 2.24) is 4.98 Å². The molecule has 0 unspecified atom stereocenters. The lowest BCUT2D eigenvalue weighted by Gasteiger charge is -2.11. The van der Waals surface area contributed by atoms with E-state index < -0.39 is 0 Å². The average Bonchev–Trinajstić information content (AvgIpc) is 2.82. The third kappa shape index (κ3) is 2.66. The summed E-state index contributed by atoms with van der Waals surface area (Å²) < 4.78 is 0. The predicted molar refractivity (Wildman–Crippen MR) is 101 cm³/mol. The molecule has 0 saturated carbocycles. The molecule has 25 heavy (non-hydrogen) atoms. The van der Waals surface area contributed by atoms with Gasteiger partial charge in [0.2, 0.25) is 0 Å². The lowest BCUT2D eigenvalue weighted by Crippen LogP contribution is -2.03. The minimum Gasteiger partial charge on any atom is -0.383 e. The van der Waals surface area contributed by atoms with Gasteiger partial charge in [-0.2, -0.15) is 10.5 Å². The van der Waals surface area contributed by atoms with Crippen LogP contribution in [-0.2, 0) is 0 Å². The van der Waals surface area contributed by atoms with Gasteiger partial charge in [-0.15, -0.1) is 0 Å². The van der Waals surface area contributed by atoms with Gasteiger partial charge in [-0.05, 0) is 54.3 Å². The quantitative estimate of drug-likeness (QED) is 0.768. The number of fused-ring (bicyclic) bond motifs is 1. The van der Waals surface area contributed by atoms with Crippen LogP contribution in [0.4, 0.5) is 5.82 Å². The van der Waals surface area contributed by atoms with Gasteiger partial charge in [-0.25, -0.2) is 4.98 Å². The Morgan fingerprint density at radius 1 is 1.16 bits per heavy atom. The first kappa shape index (κ1) is 17.0. The normalized spacial score (nSPS) is 14.4. The number of rotatable bonds is 1. The summed E-state index contributed by atoms with van der Waals surface area (Å²) in [5.41, 5.74) is 10.9. The van der Waals surface area contributed by atoms with Crippen molar-refractivity contribution >= 4 is 46.2 Å². The zero-order valence-corrected chi connectivity index (χ0v) is 15.0. The minimum absolute atomic E-state index is 0.130. The highest BCUT2D eigenvalue weighted by Gasteiger charge is 2.29. The number of nitrogen functional groups attached to an aromatic ring is 1. The number of hydrogen-bond donors (Lipinski definition) is 1. The molecule has 1 aliphatic carbocycles. The van der Waals surface area contributed by atoms with Crippen LogP contribution >= 0.6 is 23.2 Å². The fourth-order valence-electron chi connectivity index (χ4n) is 2.97. The molecule has 6 heteroatoms. The highest BCUT2D eigenvalue weighted by molar-refractivity contribution is 6.35. The van der Waals surface area contributed by atoms with E-state index in [4.69, 9.17) is 28.9 Å². The molecule has 1 aromatic heterocycles. The van der Waals surface area contributed by atoms with E-state index in [2.05, 4.69) is 17.1 Å². The minimum atomic E-state index is 0.130. The molecule has 3 rings (SSSR count). The molecule has 0 amide bonds. The van der Waals surface area contributed by atoms with E-state index in [1.54, 1.807) is 25.1 Å². The van der Waals surface area contributed by atoms with E-state index in [1.165, 1.54) is 0 Å². The van der Waals surface area contributed by atoms with E-state index in [1.807, 2.05) is 13.0 Å². The summed E-state index contributed by atoms with van der Waals surface area (Å²) >= 11 is 12.2. The van der Waals surface area contributed by atoms with Gasteiger partial charge in [0.05, 0.1) is 16.8 Å². The van der Waals surface area contributed by atoms with Crippen molar-refractivity contribution in [1.29, 1.82) is 10.5 Å². The maximum atomic E-state index is 9.54. The summed E-state index contributed by atoms with van der Waals surface area (Å²) in [5.74, 6) is 0.130. The number of aromatic nitrogens is 1. The van der Waals surface area contributed by atoms with E-state index in [0.717, 1.165) is 22.3 Å². The van der Waals surface area contributed by atoms with Crippen LogP contribution in [0.15, 0.2) is 23.8 Å². The first-order valence-electron chi connectivity index (χ1n) is 7.38. The van der Waals surface area contributed by atoms with Crippen LogP contribution in [0.5, 0.6) is 0 Å². The maximum absolute atomic E-state index is 9.54. The van der Waals surface area contributed by atoms with Crippen LogP contribution in [0.2, 0.25) is 10.0 Å². The highest BCUT2D eigenvalue weighted by Crippen LogP contribution is 2.44. The number of allylic oxidation sites excluding steroid dienone is 3. The number of benzene rings is 1. The van der Waals surface area contributed by atoms with Gasteiger partial charge in [0, 0.05) is 15.6 Å². The molecular weight excluding hydrogens is 355 g/mol. The largest absolute Gasteiger partial charge is 0.383 e. The van der Waals surface area contributed by atoms with Crippen LogP contribution in [0.3, 0.4) is 0 Å². The molecule has 0 atom stereocenters. The second-order valence-electron chi connectivity index (χ2n) is 5.67. The van der Waals surface area contributed by atoms with Gasteiger partial charge < -0.3 is 5.73 Å². The van der Waals surface area contributed by atoms with Gasteiger partial charge in [0.15, 0.2) is 0 Å². The topological polar surface area (TPSA) is 86.5 Å². The standard InChI is InChI=1S/C19H12Cl2N4/c1-9-13(5-11-3-4-12(20)6-16(11)21)17-10(2)15(8-23)19(24)25-18(17)14(9)7-22/h3-6H,1-2H3,(H2,24,25). The van der Waals surface area contributed by atoms with Gasteiger partial charge in [-0.3, -0.25) is 0 Å². The summed E-state index contributed by atoms with van der Waals surface area (Å²) in [6, 6.07) is 9.48. The molecular formula is C19H12Cl2N4. The Kier molecular flexibility index (Phi) is 4.27. The van der Waals surface area contributed by atoms with Crippen LogP contribution in [0.25, 0.3) is 17.2 Å². The Balaban J connectivity index is 2.34. The number of pyridine rings is 1. The molecule has 0 fully saturated rings. The zero-order chi connectivity index (χ0) is 18.3. The highest BCUT2D eigenvalue weighted by atomic mass is 35.5. The molecule has 4 nitrogen and oxygen atoms in total. The van der Waals surface area contributed by atoms with Crippen molar-refractivity contribution < 1.29 is 0 Å². The van der Waals surface area contributed by atoms with Crippen LogP contribution < -0.4 is 5.73 Å². The van der Waals surface area contributed by atoms with Gasteiger partial charge in [0.1, 0.15) is 18.0 Å². The van der Waals surface area contributed by atoms with Gasteiger partial charge in [0.25, 0.3) is 0 Å². The van der Waals surface area contributed by atoms with E-state index in [-0.39, 0.29) is 5.82 Å². The number of halogens is 2. The third-order valence-electron chi connectivity index (χ3n) is 4.25. The SMILES string of the molecule is CC1=C(C#N)c2nc(N)c(C#N)c(C)c2C1=Cc1ccc(Cl)cc1Cl. The third-order valence-corrected chi connectivity index (χ3v) is 4.81. The monoisotopic (exact) mass is 366 g/mol. The first-order chi connectivity index (χ1) is 11.9. The number of nitrogens with two attached hydrogens (primary N) is 1. The average molecular weight is 367 g/mol. The van der Waals surface area contributed by atoms with Crippen LogP contribution in [-0.4, -0.2) is 4.98 Å². The number of hydrogen-bond acceptors (Lipinski definition) is 4. The second kappa shape index (κ2) is 6.26. The Morgan fingerprint density at radius 2 is 1.88 bits per heavy atom. The summed E-state index contributed by atoms with van der Waals surface area (Å²) in [4.78, 5) is 4.30. The smallest absolute Gasteiger partial charge is 0.142 e. The molecule has 2 aromatic rings. The number of nitrogens with zero attached hydrogens (tertiary/aromatic N) is 3. The zero-order valence-electron chi connectivity index (χ0n) is 13.5. The van der Waals surface area contributed by atoms with E-state index >= 15 is 0 Å². The van der Waals surface area contributed by atoms with Crippen LogP contribution in [0, 0.1) is 29.6 Å². The second-order valence-corrected chi connectivity index (χ2v) is 6.51. The molecule has 1 aromatic carbocycles. The maximum Gasteiger partial charge on any atom is 0.142 e. The Labute approximate surface area is 155 Å². The number of nitriles is 2. The number of anilines is 1. The van der Waals surface area contributed by atoms with Crippen molar-refractivity contribution in [2.75, 3.05) is 5.73 Å². The summed E-state index contributed by atoms with van der Waals surface area (Å²) in [7, 11) is 0.